The number of hydrogen-bond donors (Lipinski definition) is 1. The molecular weight excluding hydrogens is 221 g/mol. The highest BCUT2D eigenvalue weighted by molar-refractivity contribution is 5.72. The summed E-state index contributed by atoms with van der Waals surface area (Å²) in [5.74, 6) is -1.30. The molecule has 2 aromatic rings. The van der Waals surface area contributed by atoms with E-state index >= 15 is 0 Å². The van der Waals surface area contributed by atoms with E-state index in [4.69, 9.17) is 5.11 Å². The van der Waals surface area contributed by atoms with Crippen LogP contribution in [-0.4, -0.2) is 16.1 Å². The van der Waals surface area contributed by atoms with Crippen LogP contribution in [0, 0.1) is 5.82 Å². The molecule has 0 amide bonds. The minimum atomic E-state index is -0.933. The largest absolute Gasteiger partial charge is 0.481 e. The normalized spacial score (nSPS) is 10.2. The van der Waals surface area contributed by atoms with Crippen LogP contribution >= 0.6 is 0 Å². The van der Waals surface area contributed by atoms with Crippen LogP contribution in [0.5, 0.6) is 0 Å². The van der Waals surface area contributed by atoms with Gasteiger partial charge in [-0.3, -0.25) is 9.78 Å². The Morgan fingerprint density at radius 1 is 1.24 bits per heavy atom. The first-order valence-corrected chi connectivity index (χ1v) is 5.07. The lowest BCUT2D eigenvalue weighted by atomic mass is 10.0. The fourth-order valence-corrected chi connectivity index (χ4v) is 1.61. The quantitative estimate of drug-likeness (QED) is 0.883. The van der Waals surface area contributed by atoms with Gasteiger partial charge in [0.05, 0.1) is 6.42 Å². The maximum atomic E-state index is 13.6. The van der Waals surface area contributed by atoms with Crippen molar-refractivity contribution in [2.75, 3.05) is 0 Å². The van der Waals surface area contributed by atoms with Crippen LogP contribution < -0.4 is 0 Å². The van der Waals surface area contributed by atoms with Crippen molar-refractivity contribution in [2.45, 2.75) is 6.42 Å². The van der Waals surface area contributed by atoms with Crippen molar-refractivity contribution < 1.29 is 14.3 Å². The number of halogens is 1. The van der Waals surface area contributed by atoms with E-state index in [0.717, 1.165) is 0 Å². The lowest BCUT2D eigenvalue weighted by Gasteiger charge is -2.05. The van der Waals surface area contributed by atoms with Gasteiger partial charge in [0.1, 0.15) is 5.82 Å². The van der Waals surface area contributed by atoms with Crippen LogP contribution in [0.2, 0.25) is 0 Å². The fourth-order valence-electron chi connectivity index (χ4n) is 1.61. The Bertz CT molecular complexity index is 540. The smallest absolute Gasteiger partial charge is 0.307 e. The summed E-state index contributed by atoms with van der Waals surface area (Å²) in [7, 11) is 0. The highest BCUT2D eigenvalue weighted by Crippen LogP contribution is 2.23. The molecule has 0 spiro atoms. The highest BCUT2D eigenvalue weighted by atomic mass is 19.1. The van der Waals surface area contributed by atoms with E-state index in [2.05, 4.69) is 4.98 Å². The second-order valence-corrected chi connectivity index (χ2v) is 3.62. The fraction of sp³-hybridized carbons (Fsp3) is 0.0769. The summed E-state index contributed by atoms with van der Waals surface area (Å²) < 4.78 is 13.6. The SMILES string of the molecule is O=C(O)Cc1ccc(F)c(-c2ccncc2)c1. The maximum Gasteiger partial charge on any atom is 0.307 e. The molecular formula is C13H10FNO2. The molecule has 4 heteroatoms. The Balaban J connectivity index is 2.43. The monoisotopic (exact) mass is 231 g/mol. The van der Waals surface area contributed by atoms with Crippen LogP contribution in [0.15, 0.2) is 42.7 Å². The number of aromatic nitrogens is 1. The summed E-state index contributed by atoms with van der Waals surface area (Å²) in [6, 6.07) is 7.69. The molecule has 1 N–H and O–H groups in total. The van der Waals surface area contributed by atoms with Gasteiger partial charge in [-0.2, -0.15) is 0 Å². The lowest BCUT2D eigenvalue weighted by Crippen LogP contribution is -2.00. The molecule has 0 fully saturated rings. The van der Waals surface area contributed by atoms with Gasteiger partial charge in [0.2, 0.25) is 0 Å². The molecule has 0 aliphatic rings. The first-order chi connectivity index (χ1) is 8.16. The third kappa shape index (κ3) is 2.66. The van der Waals surface area contributed by atoms with Gasteiger partial charge >= 0.3 is 5.97 Å². The van der Waals surface area contributed by atoms with Crippen molar-refractivity contribution in [3.63, 3.8) is 0 Å². The molecule has 0 radical (unpaired) electrons. The molecule has 0 bridgehead atoms. The van der Waals surface area contributed by atoms with Gasteiger partial charge < -0.3 is 5.11 Å². The first-order valence-electron chi connectivity index (χ1n) is 5.07. The molecule has 0 unspecified atom stereocenters. The predicted molar refractivity (Wildman–Crippen MR) is 61.0 cm³/mol. The highest BCUT2D eigenvalue weighted by Gasteiger charge is 2.08. The zero-order chi connectivity index (χ0) is 12.3. The molecule has 17 heavy (non-hydrogen) atoms. The number of benzene rings is 1. The summed E-state index contributed by atoms with van der Waals surface area (Å²) in [5.41, 5.74) is 1.65. The van der Waals surface area contributed by atoms with Gasteiger partial charge in [-0.15, -0.1) is 0 Å². The minimum absolute atomic E-state index is 0.113. The van der Waals surface area contributed by atoms with Crippen LogP contribution in [-0.2, 0) is 11.2 Å². The number of carboxylic acid groups (broad SMARTS) is 1. The van der Waals surface area contributed by atoms with Crippen LogP contribution in [0.1, 0.15) is 5.56 Å². The van der Waals surface area contributed by atoms with Crippen molar-refractivity contribution >= 4 is 5.97 Å². The zero-order valence-electron chi connectivity index (χ0n) is 8.93. The molecule has 1 heterocycles. The third-order valence-electron chi connectivity index (χ3n) is 2.38. The number of nitrogens with zero attached hydrogens (tertiary/aromatic N) is 1. The van der Waals surface area contributed by atoms with E-state index in [-0.39, 0.29) is 12.2 Å². The molecule has 86 valence electrons. The standard InChI is InChI=1S/C13H10FNO2/c14-12-2-1-9(8-13(16)17)7-11(12)10-3-5-15-6-4-10/h1-7H,8H2,(H,16,17). The van der Waals surface area contributed by atoms with Crippen LogP contribution in [0.3, 0.4) is 0 Å². The molecule has 0 atom stereocenters. The van der Waals surface area contributed by atoms with Crippen molar-refractivity contribution in [3.05, 3.63) is 54.1 Å². The topological polar surface area (TPSA) is 50.2 Å². The molecule has 1 aromatic heterocycles. The van der Waals surface area contributed by atoms with Crippen molar-refractivity contribution in [1.82, 2.24) is 4.98 Å². The summed E-state index contributed by atoms with van der Waals surface area (Å²) in [5, 5.41) is 8.69. The van der Waals surface area contributed by atoms with Crippen molar-refractivity contribution in [3.8, 4) is 11.1 Å². The molecule has 3 nitrogen and oxygen atoms in total. The van der Waals surface area contributed by atoms with E-state index in [9.17, 15) is 9.18 Å². The number of aliphatic carboxylic acids is 1. The summed E-state index contributed by atoms with van der Waals surface area (Å²) >= 11 is 0. The van der Waals surface area contributed by atoms with Gasteiger partial charge in [0, 0.05) is 18.0 Å². The maximum absolute atomic E-state index is 13.6. The average Bonchev–Trinajstić information content (AvgIpc) is 2.32. The Morgan fingerprint density at radius 2 is 1.94 bits per heavy atom. The minimum Gasteiger partial charge on any atom is -0.481 e. The van der Waals surface area contributed by atoms with E-state index in [0.29, 0.717) is 16.7 Å². The van der Waals surface area contributed by atoms with Crippen molar-refractivity contribution in [1.29, 1.82) is 0 Å². The third-order valence-corrected chi connectivity index (χ3v) is 2.38. The molecule has 2 rings (SSSR count). The summed E-state index contributed by atoms with van der Waals surface area (Å²) in [4.78, 5) is 14.5. The molecule has 0 saturated heterocycles. The number of carbonyl (C=O) groups is 1. The van der Waals surface area contributed by atoms with Gasteiger partial charge in [-0.05, 0) is 35.4 Å². The number of pyridine rings is 1. The van der Waals surface area contributed by atoms with E-state index < -0.39 is 5.97 Å². The second kappa shape index (κ2) is 4.74. The van der Waals surface area contributed by atoms with Gasteiger partial charge in [0.15, 0.2) is 0 Å². The number of hydrogen-bond acceptors (Lipinski definition) is 2. The first kappa shape index (κ1) is 11.3. The lowest BCUT2D eigenvalue weighted by molar-refractivity contribution is -0.136. The number of carboxylic acids is 1. The van der Waals surface area contributed by atoms with Gasteiger partial charge in [-0.25, -0.2) is 4.39 Å². The Labute approximate surface area is 97.6 Å². The average molecular weight is 231 g/mol. The van der Waals surface area contributed by atoms with Gasteiger partial charge in [-0.1, -0.05) is 6.07 Å². The van der Waals surface area contributed by atoms with E-state index in [1.165, 1.54) is 12.1 Å². The molecule has 1 aromatic carbocycles. The summed E-state index contributed by atoms with van der Waals surface area (Å²) in [6.45, 7) is 0. The molecule has 0 saturated carbocycles. The van der Waals surface area contributed by atoms with Gasteiger partial charge in [0.25, 0.3) is 0 Å². The second-order valence-electron chi connectivity index (χ2n) is 3.62. The van der Waals surface area contributed by atoms with Crippen LogP contribution in [0.25, 0.3) is 11.1 Å². The predicted octanol–water partition coefficient (Wildman–Crippen LogP) is 2.51. The van der Waals surface area contributed by atoms with Crippen molar-refractivity contribution in [2.24, 2.45) is 0 Å². The van der Waals surface area contributed by atoms with Crippen LogP contribution in [0.4, 0.5) is 4.39 Å². The zero-order valence-corrected chi connectivity index (χ0v) is 8.93. The summed E-state index contributed by atoms with van der Waals surface area (Å²) in [6.07, 6.45) is 3.02. The Hall–Kier alpha value is -2.23. The molecule has 0 aliphatic heterocycles. The molecule has 0 aliphatic carbocycles. The van der Waals surface area contributed by atoms with E-state index in [1.54, 1.807) is 30.6 Å². The van der Waals surface area contributed by atoms with E-state index in [1.807, 2.05) is 0 Å². The Kier molecular flexibility index (Phi) is 3.14. The Morgan fingerprint density at radius 3 is 2.59 bits per heavy atom. The number of rotatable bonds is 3.